The fourth-order valence-electron chi connectivity index (χ4n) is 2.78. The van der Waals surface area contributed by atoms with Gasteiger partial charge in [0.15, 0.2) is 6.10 Å². The molecule has 27 heavy (non-hydrogen) atoms. The summed E-state index contributed by atoms with van der Waals surface area (Å²) in [6.07, 6.45) is -0.748. The van der Waals surface area contributed by atoms with Crippen molar-refractivity contribution in [3.05, 3.63) is 95.0 Å². The second-order valence-corrected chi connectivity index (χ2v) is 6.68. The largest absolute Gasteiger partial charge is 0.454 e. The van der Waals surface area contributed by atoms with Crippen LogP contribution in [0.25, 0.3) is 11.1 Å². The van der Waals surface area contributed by atoms with Gasteiger partial charge in [-0.1, -0.05) is 78.3 Å². The van der Waals surface area contributed by atoms with Crippen LogP contribution in [-0.4, -0.2) is 17.9 Å². The quantitative estimate of drug-likeness (QED) is 0.428. The number of ketones is 1. The molecule has 0 bridgehead atoms. The number of halogens is 1. The van der Waals surface area contributed by atoms with Gasteiger partial charge in [0, 0.05) is 10.6 Å². The number of hydrogen-bond acceptors (Lipinski definition) is 3. The van der Waals surface area contributed by atoms with E-state index >= 15 is 0 Å². The Morgan fingerprint density at radius 1 is 0.889 bits per heavy atom. The maximum Gasteiger partial charge on any atom is 0.310 e. The maximum absolute atomic E-state index is 12.4. The molecule has 0 heterocycles. The summed E-state index contributed by atoms with van der Waals surface area (Å²) in [6.45, 7) is 1.57. The van der Waals surface area contributed by atoms with Crippen LogP contribution in [0.1, 0.15) is 22.8 Å². The Morgan fingerprint density at radius 3 is 2.22 bits per heavy atom. The average Bonchev–Trinajstić information content (AvgIpc) is 2.68. The van der Waals surface area contributed by atoms with Crippen molar-refractivity contribution in [2.24, 2.45) is 0 Å². The molecule has 4 heteroatoms. The summed E-state index contributed by atoms with van der Waals surface area (Å²) in [7, 11) is 0. The molecule has 3 rings (SSSR count). The van der Waals surface area contributed by atoms with Gasteiger partial charge in [0.1, 0.15) is 0 Å². The fourth-order valence-corrected chi connectivity index (χ4v) is 2.97. The molecule has 0 saturated carbocycles. The van der Waals surface area contributed by atoms with Gasteiger partial charge < -0.3 is 4.74 Å². The van der Waals surface area contributed by atoms with E-state index in [1.165, 1.54) is 0 Å². The first-order valence-corrected chi connectivity index (χ1v) is 9.04. The van der Waals surface area contributed by atoms with Gasteiger partial charge in [-0.25, -0.2) is 0 Å². The number of hydrogen-bond donors (Lipinski definition) is 0. The van der Waals surface area contributed by atoms with Crippen LogP contribution >= 0.6 is 11.6 Å². The molecular weight excluding hydrogens is 360 g/mol. The highest BCUT2D eigenvalue weighted by molar-refractivity contribution is 6.31. The Morgan fingerprint density at radius 2 is 1.56 bits per heavy atom. The molecule has 0 aliphatic heterocycles. The molecule has 0 fully saturated rings. The van der Waals surface area contributed by atoms with E-state index in [-0.39, 0.29) is 12.2 Å². The summed E-state index contributed by atoms with van der Waals surface area (Å²) in [4.78, 5) is 24.5. The zero-order chi connectivity index (χ0) is 19.2. The van der Waals surface area contributed by atoms with Crippen LogP contribution in [0.2, 0.25) is 5.02 Å². The van der Waals surface area contributed by atoms with Crippen molar-refractivity contribution in [1.29, 1.82) is 0 Å². The van der Waals surface area contributed by atoms with Gasteiger partial charge in [-0.05, 0) is 35.7 Å². The minimum absolute atomic E-state index is 0.113. The van der Waals surface area contributed by atoms with Gasteiger partial charge in [0.25, 0.3) is 0 Å². The van der Waals surface area contributed by atoms with Gasteiger partial charge in [0.2, 0.25) is 5.78 Å². The second-order valence-electron chi connectivity index (χ2n) is 6.25. The van der Waals surface area contributed by atoms with Crippen molar-refractivity contribution >= 4 is 23.4 Å². The summed E-state index contributed by atoms with van der Waals surface area (Å²) in [5, 5.41) is 0.470. The van der Waals surface area contributed by atoms with E-state index in [4.69, 9.17) is 16.3 Å². The molecule has 3 nitrogen and oxygen atoms in total. The summed E-state index contributed by atoms with van der Waals surface area (Å²) in [5.74, 6) is -0.712. The molecule has 0 aromatic heterocycles. The minimum Gasteiger partial charge on any atom is -0.454 e. The van der Waals surface area contributed by atoms with Crippen molar-refractivity contribution in [2.75, 3.05) is 0 Å². The minimum atomic E-state index is -0.862. The Bertz CT molecular complexity index is 933. The van der Waals surface area contributed by atoms with Crippen LogP contribution in [0.4, 0.5) is 0 Å². The maximum atomic E-state index is 12.4. The van der Waals surface area contributed by atoms with E-state index < -0.39 is 12.1 Å². The topological polar surface area (TPSA) is 43.4 Å². The number of carbonyl (C=O) groups excluding carboxylic acids is 2. The smallest absolute Gasteiger partial charge is 0.310 e. The van der Waals surface area contributed by atoms with Gasteiger partial charge in [0.05, 0.1) is 6.42 Å². The Hall–Kier alpha value is -2.91. The zero-order valence-electron chi connectivity index (χ0n) is 14.9. The van der Waals surface area contributed by atoms with Crippen LogP contribution < -0.4 is 0 Å². The zero-order valence-corrected chi connectivity index (χ0v) is 15.6. The highest BCUT2D eigenvalue weighted by atomic mass is 35.5. The van der Waals surface area contributed by atoms with Crippen LogP contribution in [0, 0.1) is 0 Å². The number of benzene rings is 3. The first-order chi connectivity index (χ1) is 13.0. The van der Waals surface area contributed by atoms with E-state index in [9.17, 15) is 9.59 Å². The SMILES string of the molecule is C[C@H](OC(=O)Cc1ccc(-c2ccccc2)cc1)C(=O)c1cccc(Cl)c1. The standard InChI is InChI=1S/C23H19ClO3/c1-16(23(26)20-8-5-9-21(24)15-20)27-22(25)14-17-10-12-19(13-11-17)18-6-3-2-4-7-18/h2-13,15-16H,14H2,1H3/t16-/m0/s1. The van der Waals surface area contributed by atoms with E-state index in [1.807, 2.05) is 54.6 Å². The molecule has 0 aliphatic carbocycles. The molecule has 0 amide bonds. The number of rotatable bonds is 6. The molecular formula is C23H19ClO3. The molecule has 3 aromatic rings. The third-order valence-electron chi connectivity index (χ3n) is 4.20. The number of Topliss-reactive ketones (excluding diaryl/α,β-unsaturated/α-hetero) is 1. The van der Waals surface area contributed by atoms with E-state index in [0.29, 0.717) is 10.6 Å². The predicted octanol–water partition coefficient (Wildman–Crippen LogP) is 5.36. The van der Waals surface area contributed by atoms with Crippen molar-refractivity contribution in [3.8, 4) is 11.1 Å². The molecule has 0 unspecified atom stereocenters. The van der Waals surface area contributed by atoms with Crippen molar-refractivity contribution in [1.82, 2.24) is 0 Å². The summed E-state index contributed by atoms with van der Waals surface area (Å²) < 4.78 is 5.29. The second kappa shape index (κ2) is 8.65. The molecule has 0 spiro atoms. The first-order valence-electron chi connectivity index (χ1n) is 8.66. The normalized spacial score (nSPS) is 11.6. The molecule has 0 aliphatic rings. The molecule has 0 N–H and O–H groups in total. The van der Waals surface area contributed by atoms with E-state index in [2.05, 4.69) is 0 Å². The highest BCUT2D eigenvalue weighted by Gasteiger charge is 2.19. The fraction of sp³-hybridized carbons (Fsp3) is 0.130. The first kappa shape index (κ1) is 18.9. The predicted molar refractivity (Wildman–Crippen MR) is 107 cm³/mol. The van der Waals surface area contributed by atoms with Crippen molar-refractivity contribution < 1.29 is 14.3 Å². The van der Waals surface area contributed by atoms with Gasteiger partial charge in [-0.3, -0.25) is 9.59 Å². The van der Waals surface area contributed by atoms with Crippen LogP contribution in [0.3, 0.4) is 0 Å². The third-order valence-corrected chi connectivity index (χ3v) is 4.43. The lowest BCUT2D eigenvalue weighted by Gasteiger charge is -2.13. The van der Waals surface area contributed by atoms with Gasteiger partial charge >= 0.3 is 5.97 Å². The van der Waals surface area contributed by atoms with Crippen LogP contribution in [0.15, 0.2) is 78.9 Å². The van der Waals surface area contributed by atoms with Gasteiger partial charge in [-0.15, -0.1) is 0 Å². The summed E-state index contributed by atoms with van der Waals surface area (Å²) in [6, 6.07) is 24.3. The summed E-state index contributed by atoms with van der Waals surface area (Å²) in [5.41, 5.74) is 3.46. The van der Waals surface area contributed by atoms with E-state index in [1.54, 1.807) is 31.2 Å². The molecule has 0 saturated heterocycles. The van der Waals surface area contributed by atoms with Crippen molar-refractivity contribution in [3.63, 3.8) is 0 Å². The lowest BCUT2D eigenvalue weighted by molar-refractivity contribution is -0.145. The summed E-state index contributed by atoms with van der Waals surface area (Å²) >= 11 is 5.90. The number of ether oxygens (including phenoxy) is 1. The molecule has 3 aromatic carbocycles. The highest BCUT2D eigenvalue weighted by Crippen LogP contribution is 2.20. The van der Waals surface area contributed by atoms with Crippen LogP contribution in [0.5, 0.6) is 0 Å². The number of esters is 1. The van der Waals surface area contributed by atoms with Gasteiger partial charge in [-0.2, -0.15) is 0 Å². The third kappa shape index (κ3) is 5.05. The monoisotopic (exact) mass is 378 g/mol. The molecule has 136 valence electrons. The lowest BCUT2D eigenvalue weighted by Crippen LogP contribution is -2.25. The van der Waals surface area contributed by atoms with Crippen LogP contribution in [-0.2, 0) is 16.0 Å². The number of carbonyl (C=O) groups is 2. The Balaban J connectivity index is 1.59. The molecule has 0 radical (unpaired) electrons. The average molecular weight is 379 g/mol. The van der Waals surface area contributed by atoms with E-state index in [0.717, 1.165) is 16.7 Å². The lowest BCUT2D eigenvalue weighted by atomic mass is 10.0. The van der Waals surface area contributed by atoms with Crippen molar-refractivity contribution in [2.45, 2.75) is 19.4 Å². The Labute approximate surface area is 163 Å². The Kier molecular flexibility index (Phi) is 6.05. The molecule has 1 atom stereocenters.